The number of aryl methyl sites for hydroxylation is 1. The van der Waals surface area contributed by atoms with Crippen LogP contribution in [0.3, 0.4) is 0 Å². The lowest BCUT2D eigenvalue weighted by atomic mass is 10.3. The Morgan fingerprint density at radius 2 is 2.31 bits per heavy atom. The smallest absolute Gasteiger partial charge is 0.0897 e. The first-order valence-electron chi connectivity index (χ1n) is 6.06. The van der Waals surface area contributed by atoms with Gasteiger partial charge >= 0.3 is 0 Å². The second-order valence-electron chi connectivity index (χ2n) is 4.48. The third-order valence-corrected chi connectivity index (χ3v) is 3.84. The fraction of sp³-hybridized carbons (Fsp3) is 0.750. The molecule has 1 N–H and O–H groups in total. The summed E-state index contributed by atoms with van der Waals surface area (Å²) in [5, 5.41) is 9.95. The van der Waals surface area contributed by atoms with E-state index >= 15 is 0 Å². The number of unbranched alkanes of at least 4 members (excludes halogenated alkanes) is 1. The summed E-state index contributed by atoms with van der Waals surface area (Å²) in [7, 11) is 0. The van der Waals surface area contributed by atoms with E-state index < -0.39 is 0 Å². The van der Waals surface area contributed by atoms with Crippen molar-refractivity contribution in [2.75, 3.05) is 13.2 Å². The molecule has 0 amide bonds. The number of nitrogens with zero attached hydrogens (tertiary/aromatic N) is 2. The van der Waals surface area contributed by atoms with Crippen LogP contribution in [0.1, 0.15) is 35.6 Å². The number of aliphatic hydroxyl groups is 1. The van der Waals surface area contributed by atoms with Crippen molar-refractivity contribution in [2.45, 2.75) is 45.2 Å². The molecule has 16 heavy (non-hydrogen) atoms. The molecule has 1 saturated carbocycles. The summed E-state index contributed by atoms with van der Waals surface area (Å²) in [6.45, 7) is 4.53. The average Bonchev–Trinajstić information content (AvgIpc) is 3.02. The van der Waals surface area contributed by atoms with Crippen LogP contribution in [0.5, 0.6) is 0 Å². The summed E-state index contributed by atoms with van der Waals surface area (Å²) >= 11 is 1.80. The Bertz CT molecular complexity index is 323. The third kappa shape index (κ3) is 3.54. The molecular formula is C12H20N2OS. The second-order valence-corrected chi connectivity index (χ2v) is 5.80. The first kappa shape index (κ1) is 12.0. The average molecular weight is 240 g/mol. The van der Waals surface area contributed by atoms with Gasteiger partial charge < -0.3 is 5.11 Å². The summed E-state index contributed by atoms with van der Waals surface area (Å²) in [4.78, 5) is 8.21. The predicted molar refractivity (Wildman–Crippen MR) is 66.6 cm³/mol. The van der Waals surface area contributed by atoms with Gasteiger partial charge in [-0.2, -0.15) is 0 Å². The van der Waals surface area contributed by atoms with Crippen molar-refractivity contribution in [3.8, 4) is 0 Å². The minimum Gasteiger partial charge on any atom is -0.396 e. The highest BCUT2D eigenvalue weighted by Crippen LogP contribution is 2.29. The van der Waals surface area contributed by atoms with E-state index in [9.17, 15) is 0 Å². The lowest BCUT2D eigenvalue weighted by Gasteiger charge is -2.20. The first-order valence-corrected chi connectivity index (χ1v) is 6.87. The highest BCUT2D eigenvalue weighted by Gasteiger charge is 2.28. The van der Waals surface area contributed by atoms with Crippen molar-refractivity contribution in [3.05, 3.63) is 16.1 Å². The minimum atomic E-state index is 0.318. The SMILES string of the molecule is Cc1ncc(CN(CCCCO)C2CC2)s1. The van der Waals surface area contributed by atoms with Gasteiger partial charge in [-0.1, -0.05) is 0 Å². The zero-order valence-electron chi connectivity index (χ0n) is 9.85. The van der Waals surface area contributed by atoms with Gasteiger partial charge in [0.1, 0.15) is 0 Å². The van der Waals surface area contributed by atoms with E-state index in [0.717, 1.165) is 37.0 Å². The highest BCUT2D eigenvalue weighted by molar-refractivity contribution is 7.11. The molecular weight excluding hydrogens is 220 g/mol. The van der Waals surface area contributed by atoms with Gasteiger partial charge in [0, 0.05) is 30.3 Å². The molecule has 0 saturated heterocycles. The lowest BCUT2D eigenvalue weighted by molar-refractivity contribution is 0.230. The van der Waals surface area contributed by atoms with E-state index in [0.29, 0.717) is 6.61 Å². The zero-order valence-corrected chi connectivity index (χ0v) is 10.7. The molecule has 1 aromatic heterocycles. The maximum absolute atomic E-state index is 8.80. The number of aliphatic hydroxyl groups excluding tert-OH is 1. The Balaban J connectivity index is 1.82. The van der Waals surface area contributed by atoms with Crippen LogP contribution in [0.25, 0.3) is 0 Å². The minimum absolute atomic E-state index is 0.318. The van der Waals surface area contributed by atoms with Crippen LogP contribution in [-0.4, -0.2) is 34.2 Å². The molecule has 1 aliphatic carbocycles. The molecule has 0 aliphatic heterocycles. The zero-order chi connectivity index (χ0) is 11.4. The van der Waals surface area contributed by atoms with Crippen LogP contribution in [0.2, 0.25) is 0 Å². The van der Waals surface area contributed by atoms with Crippen LogP contribution in [-0.2, 0) is 6.54 Å². The van der Waals surface area contributed by atoms with E-state index in [2.05, 4.69) is 16.8 Å². The number of thiazole rings is 1. The summed E-state index contributed by atoms with van der Waals surface area (Å²) in [5.41, 5.74) is 0. The maximum Gasteiger partial charge on any atom is 0.0897 e. The van der Waals surface area contributed by atoms with Crippen molar-refractivity contribution in [2.24, 2.45) is 0 Å². The molecule has 2 rings (SSSR count). The fourth-order valence-corrected chi connectivity index (χ4v) is 2.76. The van der Waals surface area contributed by atoms with Crippen LogP contribution < -0.4 is 0 Å². The summed E-state index contributed by atoms with van der Waals surface area (Å²) in [5.74, 6) is 0. The van der Waals surface area contributed by atoms with Crippen molar-refractivity contribution >= 4 is 11.3 Å². The van der Waals surface area contributed by atoms with Gasteiger partial charge in [0.05, 0.1) is 5.01 Å². The number of rotatable bonds is 7. The van der Waals surface area contributed by atoms with Crippen LogP contribution in [0.15, 0.2) is 6.20 Å². The fourth-order valence-electron chi connectivity index (χ4n) is 1.94. The normalized spacial score (nSPS) is 15.9. The number of hydrogen-bond donors (Lipinski definition) is 1. The van der Waals surface area contributed by atoms with Gasteiger partial charge in [0.15, 0.2) is 0 Å². The molecule has 0 spiro atoms. The molecule has 4 heteroatoms. The van der Waals surface area contributed by atoms with Gasteiger partial charge in [-0.15, -0.1) is 11.3 Å². The van der Waals surface area contributed by atoms with Crippen LogP contribution >= 0.6 is 11.3 Å². The largest absolute Gasteiger partial charge is 0.396 e. The molecule has 1 heterocycles. The monoisotopic (exact) mass is 240 g/mol. The topological polar surface area (TPSA) is 36.4 Å². The van der Waals surface area contributed by atoms with Gasteiger partial charge in [-0.3, -0.25) is 4.90 Å². The number of aromatic nitrogens is 1. The van der Waals surface area contributed by atoms with Crippen molar-refractivity contribution in [3.63, 3.8) is 0 Å². The molecule has 0 radical (unpaired) electrons. The van der Waals surface area contributed by atoms with Crippen LogP contribution in [0.4, 0.5) is 0 Å². The Morgan fingerprint density at radius 1 is 1.50 bits per heavy atom. The molecule has 0 bridgehead atoms. The van der Waals surface area contributed by atoms with E-state index in [1.807, 2.05) is 6.20 Å². The quantitative estimate of drug-likeness (QED) is 0.742. The van der Waals surface area contributed by atoms with E-state index in [1.165, 1.54) is 17.7 Å². The van der Waals surface area contributed by atoms with Gasteiger partial charge in [0.25, 0.3) is 0 Å². The lowest BCUT2D eigenvalue weighted by Crippen LogP contribution is -2.26. The molecule has 3 nitrogen and oxygen atoms in total. The van der Waals surface area contributed by atoms with E-state index in [-0.39, 0.29) is 0 Å². The maximum atomic E-state index is 8.80. The Hall–Kier alpha value is -0.450. The van der Waals surface area contributed by atoms with E-state index in [1.54, 1.807) is 11.3 Å². The summed E-state index contributed by atoms with van der Waals surface area (Å²) in [6, 6.07) is 0.793. The Labute approximate surface area is 101 Å². The van der Waals surface area contributed by atoms with Gasteiger partial charge in [0.2, 0.25) is 0 Å². The summed E-state index contributed by atoms with van der Waals surface area (Å²) in [6.07, 6.45) is 6.71. The first-order chi connectivity index (χ1) is 7.79. The summed E-state index contributed by atoms with van der Waals surface area (Å²) < 4.78 is 0. The van der Waals surface area contributed by atoms with Crippen LogP contribution in [0, 0.1) is 6.92 Å². The number of hydrogen-bond acceptors (Lipinski definition) is 4. The molecule has 90 valence electrons. The molecule has 0 aromatic carbocycles. The van der Waals surface area contributed by atoms with Crippen molar-refractivity contribution < 1.29 is 5.11 Å². The van der Waals surface area contributed by atoms with Gasteiger partial charge in [-0.25, -0.2) is 4.98 Å². The molecule has 0 unspecified atom stereocenters. The third-order valence-electron chi connectivity index (χ3n) is 2.94. The van der Waals surface area contributed by atoms with Gasteiger partial charge in [-0.05, 0) is 39.2 Å². The van der Waals surface area contributed by atoms with E-state index in [4.69, 9.17) is 5.11 Å². The Kier molecular flexibility index (Phi) is 4.32. The molecule has 1 aliphatic rings. The second kappa shape index (κ2) is 5.75. The van der Waals surface area contributed by atoms with Crippen molar-refractivity contribution in [1.82, 2.24) is 9.88 Å². The molecule has 1 fully saturated rings. The Morgan fingerprint density at radius 3 is 2.88 bits per heavy atom. The highest BCUT2D eigenvalue weighted by atomic mass is 32.1. The molecule has 0 atom stereocenters. The predicted octanol–water partition coefficient (Wildman–Crippen LogP) is 2.19. The standard InChI is InChI=1S/C12H20N2OS/c1-10-13-8-12(16-10)9-14(11-4-5-11)6-2-3-7-15/h8,11,15H,2-7,9H2,1H3. The van der Waals surface area contributed by atoms with Crippen molar-refractivity contribution in [1.29, 1.82) is 0 Å². The molecule has 1 aromatic rings.